The van der Waals surface area contributed by atoms with E-state index in [2.05, 4.69) is 16.5 Å². The van der Waals surface area contributed by atoms with Gasteiger partial charge in [-0.15, -0.1) is 0 Å². The van der Waals surface area contributed by atoms with Crippen LogP contribution < -0.4 is 20.1 Å². The molecule has 0 unspecified atom stereocenters. The van der Waals surface area contributed by atoms with Crippen LogP contribution in [0.25, 0.3) is 0 Å². The van der Waals surface area contributed by atoms with E-state index >= 15 is 0 Å². The predicted molar refractivity (Wildman–Crippen MR) is 104 cm³/mol. The second-order valence-corrected chi connectivity index (χ2v) is 7.33. The highest BCUT2D eigenvalue weighted by Crippen LogP contribution is 2.30. The third-order valence-electron chi connectivity index (χ3n) is 5.02. The molecule has 166 valence electrons. The molecule has 1 fully saturated rings. The maximum atomic E-state index is 12.7. The molecule has 0 spiro atoms. The molecule has 0 saturated carbocycles. The van der Waals surface area contributed by atoms with Gasteiger partial charge in [0, 0.05) is 18.3 Å². The Morgan fingerprint density at radius 2 is 2.16 bits per heavy atom. The fourth-order valence-corrected chi connectivity index (χ4v) is 3.47. The largest absolute Gasteiger partial charge is 0.493 e. The van der Waals surface area contributed by atoms with Crippen LogP contribution in [0.3, 0.4) is 0 Å². The van der Waals surface area contributed by atoms with Gasteiger partial charge >= 0.3 is 11.9 Å². The SMILES string of the molecule is C=C(CCCOc1ccnc(C(F)(F)F)c1)COc1cc2n(c(=O)n1)C[C@@H]1COCN21. The minimum atomic E-state index is -4.51. The van der Waals surface area contributed by atoms with Gasteiger partial charge in [0.2, 0.25) is 5.88 Å². The van der Waals surface area contributed by atoms with Gasteiger partial charge in [-0.3, -0.25) is 9.55 Å². The Hall–Kier alpha value is -3.08. The topological polar surface area (TPSA) is 78.7 Å². The van der Waals surface area contributed by atoms with Crippen LogP contribution in [0.2, 0.25) is 0 Å². The summed E-state index contributed by atoms with van der Waals surface area (Å²) >= 11 is 0. The molecule has 2 aromatic heterocycles. The molecule has 0 amide bonds. The number of hydrogen-bond donors (Lipinski definition) is 0. The van der Waals surface area contributed by atoms with Crippen molar-refractivity contribution in [1.29, 1.82) is 0 Å². The summed E-state index contributed by atoms with van der Waals surface area (Å²) in [6, 6.07) is 4.11. The van der Waals surface area contributed by atoms with Gasteiger partial charge in [-0.25, -0.2) is 4.79 Å². The van der Waals surface area contributed by atoms with Gasteiger partial charge in [0.15, 0.2) is 0 Å². The van der Waals surface area contributed by atoms with Crippen molar-refractivity contribution in [3.05, 3.63) is 52.7 Å². The fraction of sp³-hybridized carbons (Fsp3) is 0.450. The lowest BCUT2D eigenvalue weighted by molar-refractivity contribution is -0.141. The van der Waals surface area contributed by atoms with Crippen LogP contribution in [0.1, 0.15) is 18.5 Å². The van der Waals surface area contributed by atoms with Crippen LogP contribution in [0.15, 0.2) is 41.3 Å². The van der Waals surface area contributed by atoms with Crippen LogP contribution in [-0.2, 0) is 17.5 Å². The first-order valence-corrected chi connectivity index (χ1v) is 9.73. The molecule has 8 nitrogen and oxygen atoms in total. The first-order chi connectivity index (χ1) is 14.8. The number of halogens is 3. The van der Waals surface area contributed by atoms with Gasteiger partial charge in [-0.1, -0.05) is 6.58 Å². The molecule has 1 atom stereocenters. The lowest BCUT2D eigenvalue weighted by Crippen LogP contribution is -2.26. The number of alkyl halides is 3. The average molecular weight is 438 g/mol. The number of fused-ring (bicyclic) bond motifs is 3. The zero-order chi connectivity index (χ0) is 22.0. The number of anilines is 1. The summed E-state index contributed by atoms with van der Waals surface area (Å²) in [4.78, 5) is 21.5. The monoisotopic (exact) mass is 438 g/mol. The second-order valence-electron chi connectivity index (χ2n) is 7.33. The van der Waals surface area contributed by atoms with Crippen LogP contribution in [0.5, 0.6) is 11.6 Å². The summed E-state index contributed by atoms with van der Waals surface area (Å²) < 4.78 is 56.0. The second kappa shape index (κ2) is 8.58. The van der Waals surface area contributed by atoms with Crippen molar-refractivity contribution >= 4 is 5.82 Å². The van der Waals surface area contributed by atoms with Crippen LogP contribution in [0, 0.1) is 0 Å². The van der Waals surface area contributed by atoms with E-state index in [1.165, 1.54) is 6.07 Å². The normalized spacial score (nSPS) is 17.4. The maximum Gasteiger partial charge on any atom is 0.433 e. The molecule has 31 heavy (non-hydrogen) atoms. The standard InChI is InChI=1S/C20H21F3N4O4/c1-13(3-2-6-30-15-4-5-24-16(7-15)20(21,22)23)10-31-17-8-18-26(19(28)25-17)9-14-11-29-12-27(14)18/h4-5,7-8,14H,1-3,6,9-12H2/t14-/m1/s1. The molecule has 2 aliphatic heterocycles. The van der Waals surface area contributed by atoms with Crippen molar-refractivity contribution in [2.24, 2.45) is 0 Å². The van der Waals surface area contributed by atoms with E-state index in [4.69, 9.17) is 14.2 Å². The van der Waals surface area contributed by atoms with E-state index in [0.717, 1.165) is 23.7 Å². The minimum Gasteiger partial charge on any atom is -0.493 e. The summed E-state index contributed by atoms with van der Waals surface area (Å²) in [7, 11) is 0. The molecule has 4 heterocycles. The lowest BCUT2D eigenvalue weighted by atomic mass is 10.2. The quantitative estimate of drug-likeness (QED) is 0.463. The number of pyridine rings is 1. The first-order valence-electron chi connectivity index (χ1n) is 9.73. The van der Waals surface area contributed by atoms with Gasteiger partial charge in [0.25, 0.3) is 0 Å². The zero-order valence-electron chi connectivity index (χ0n) is 16.6. The van der Waals surface area contributed by atoms with Gasteiger partial charge in [-0.2, -0.15) is 18.2 Å². The smallest absolute Gasteiger partial charge is 0.433 e. The number of rotatable bonds is 8. The molecule has 0 aliphatic carbocycles. The first kappa shape index (κ1) is 21.2. The van der Waals surface area contributed by atoms with Gasteiger partial charge in [0.05, 0.1) is 25.8 Å². The van der Waals surface area contributed by atoms with Crippen LogP contribution >= 0.6 is 0 Å². The molecule has 0 N–H and O–H groups in total. The summed E-state index contributed by atoms with van der Waals surface area (Å²) in [5.41, 5.74) is -0.608. The van der Waals surface area contributed by atoms with E-state index in [-0.39, 0.29) is 36.6 Å². The molecule has 2 aromatic rings. The lowest BCUT2D eigenvalue weighted by Gasteiger charge is -2.15. The summed E-state index contributed by atoms with van der Waals surface area (Å²) in [6.45, 7) is 5.88. The van der Waals surface area contributed by atoms with Crippen LogP contribution in [0.4, 0.5) is 19.0 Å². The highest BCUT2D eigenvalue weighted by Gasteiger charge is 2.35. The highest BCUT2D eigenvalue weighted by molar-refractivity contribution is 5.47. The molecule has 0 bridgehead atoms. The van der Waals surface area contributed by atoms with Crippen molar-refractivity contribution in [3.8, 4) is 11.6 Å². The third-order valence-corrected chi connectivity index (χ3v) is 5.02. The molecule has 1 saturated heterocycles. The zero-order valence-corrected chi connectivity index (χ0v) is 16.6. The fourth-order valence-electron chi connectivity index (χ4n) is 3.47. The summed E-state index contributed by atoms with van der Waals surface area (Å²) in [6.07, 6.45) is -2.36. The van der Waals surface area contributed by atoms with E-state index in [1.807, 2.05) is 4.90 Å². The molecular formula is C20H21F3N4O4. The van der Waals surface area contributed by atoms with Crippen molar-refractivity contribution in [2.75, 3.05) is 31.5 Å². The van der Waals surface area contributed by atoms with Crippen molar-refractivity contribution in [3.63, 3.8) is 0 Å². The van der Waals surface area contributed by atoms with Crippen LogP contribution in [-0.4, -0.2) is 47.1 Å². The van der Waals surface area contributed by atoms with Gasteiger partial charge < -0.3 is 19.1 Å². The predicted octanol–water partition coefficient (Wildman–Crippen LogP) is 2.63. The third kappa shape index (κ3) is 4.82. The number of ether oxygens (including phenoxy) is 3. The molecule has 0 radical (unpaired) electrons. The van der Waals surface area contributed by atoms with E-state index in [0.29, 0.717) is 32.7 Å². The van der Waals surface area contributed by atoms with E-state index < -0.39 is 11.9 Å². The molecule has 11 heteroatoms. The molecule has 0 aromatic carbocycles. The van der Waals surface area contributed by atoms with Gasteiger partial charge in [0.1, 0.15) is 30.6 Å². The van der Waals surface area contributed by atoms with Crippen molar-refractivity contribution < 1.29 is 27.4 Å². The maximum absolute atomic E-state index is 12.7. The Bertz CT molecular complexity index is 1020. The number of aromatic nitrogens is 3. The van der Waals surface area contributed by atoms with E-state index in [9.17, 15) is 18.0 Å². The average Bonchev–Trinajstić information content (AvgIpc) is 3.32. The number of nitrogens with zero attached hydrogens (tertiary/aromatic N) is 4. The van der Waals surface area contributed by atoms with Crippen molar-refractivity contribution in [2.45, 2.75) is 31.6 Å². The summed E-state index contributed by atoms with van der Waals surface area (Å²) in [5.74, 6) is 1.06. The molecule has 2 aliphatic rings. The molecule has 4 rings (SSSR count). The Labute approximate surface area is 175 Å². The van der Waals surface area contributed by atoms with Gasteiger partial charge in [-0.05, 0) is 24.5 Å². The number of hydrogen-bond acceptors (Lipinski definition) is 7. The summed E-state index contributed by atoms with van der Waals surface area (Å²) in [5, 5.41) is 0. The Balaban J connectivity index is 1.23. The minimum absolute atomic E-state index is 0.108. The Morgan fingerprint density at radius 1 is 1.32 bits per heavy atom. The highest BCUT2D eigenvalue weighted by atomic mass is 19.4. The Morgan fingerprint density at radius 3 is 2.97 bits per heavy atom. The van der Waals surface area contributed by atoms with E-state index in [1.54, 1.807) is 10.6 Å². The Kier molecular flexibility index (Phi) is 5.86. The van der Waals surface area contributed by atoms with Crippen molar-refractivity contribution in [1.82, 2.24) is 14.5 Å². The molecular weight excluding hydrogens is 417 g/mol.